The number of amides is 1. The van der Waals surface area contributed by atoms with E-state index in [1.807, 2.05) is 32.2 Å². The van der Waals surface area contributed by atoms with Gasteiger partial charge in [0.2, 0.25) is 6.41 Å². The predicted octanol–water partition coefficient (Wildman–Crippen LogP) is 4.78. The van der Waals surface area contributed by atoms with Gasteiger partial charge in [0.25, 0.3) is 0 Å². The first-order valence-corrected chi connectivity index (χ1v) is 14.5. The van der Waals surface area contributed by atoms with Crippen LogP contribution in [-0.2, 0) is 11.3 Å². The van der Waals surface area contributed by atoms with Crippen molar-refractivity contribution in [3.63, 3.8) is 0 Å². The minimum absolute atomic E-state index is 0.183. The number of nitrogens with one attached hydrogen (secondary N) is 2. The van der Waals surface area contributed by atoms with Crippen LogP contribution in [0.2, 0.25) is 5.02 Å². The van der Waals surface area contributed by atoms with E-state index in [1.54, 1.807) is 19.1 Å². The van der Waals surface area contributed by atoms with E-state index in [4.69, 9.17) is 22.4 Å². The number of aryl methyl sites for hydroxylation is 1. The minimum Gasteiger partial charge on any atom is -0.397 e. The van der Waals surface area contributed by atoms with Crippen LogP contribution in [0.15, 0.2) is 42.5 Å². The Hall–Kier alpha value is -3.33. The summed E-state index contributed by atoms with van der Waals surface area (Å²) in [6.07, 6.45) is 4.57. The number of rotatable bonds is 10. The molecule has 1 fully saturated rings. The van der Waals surface area contributed by atoms with Crippen LogP contribution in [0.1, 0.15) is 61.4 Å². The summed E-state index contributed by atoms with van der Waals surface area (Å²) in [6.45, 7) is 13.4. The quantitative estimate of drug-likeness (QED) is 0.198. The van der Waals surface area contributed by atoms with Gasteiger partial charge in [0.1, 0.15) is 11.5 Å². The highest BCUT2D eigenvalue weighted by Gasteiger charge is 2.51. The third kappa shape index (κ3) is 9.89. The first-order valence-electron chi connectivity index (χ1n) is 14.2. The number of aliphatic hydroxyl groups is 1. The molecule has 6 nitrogen and oxygen atoms in total. The van der Waals surface area contributed by atoms with Crippen molar-refractivity contribution in [2.24, 2.45) is 5.73 Å². The van der Waals surface area contributed by atoms with E-state index in [0.29, 0.717) is 37.2 Å². The maximum Gasteiger partial charge on any atom is 0.207 e. The molecule has 0 aliphatic heterocycles. The molecule has 1 atom stereocenters. The van der Waals surface area contributed by atoms with E-state index in [2.05, 4.69) is 35.2 Å². The molecular formula is C33H43ClF2N4O2. The van der Waals surface area contributed by atoms with Gasteiger partial charge in [-0.15, -0.1) is 0 Å². The van der Waals surface area contributed by atoms with E-state index in [0.717, 1.165) is 50.7 Å². The Bertz CT molecular complexity index is 1410. The summed E-state index contributed by atoms with van der Waals surface area (Å²) in [5.41, 5.74) is 9.42. The molecule has 1 amide bonds. The number of carbonyl (C=O) groups is 1. The number of benzene rings is 2. The van der Waals surface area contributed by atoms with Gasteiger partial charge in [-0.25, -0.2) is 8.78 Å². The fraction of sp³-hybridized carbons (Fsp3) is 0.394. The van der Waals surface area contributed by atoms with Gasteiger partial charge >= 0.3 is 0 Å². The van der Waals surface area contributed by atoms with Crippen molar-refractivity contribution in [2.45, 2.75) is 65.1 Å². The molecule has 0 saturated heterocycles. The highest BCUT2D eigenvalue weighted by Crippen LogP contribution is 2.50. The van der Waals surface area contributed by atoms with Crippen LogP contribution >= 0.6 is 11.6 Å². The van der Waals surface area contributed by atoms with Gasteiger partial charge in [-0.1, -0.05) is 25.1 Å². The van der Waals surface area contributed by atoms with Crippen LogP contribution in [-0.4, -0.2) is 41.9 Å². The third-order valence-electron chi connectivity index (χ3n) is 6.88. The lowest BCUT2D eigenvalue weighted by atomic mass is 9.92. The molecule has 4 rings (SSSR count). The zero-order valence-electron chi connectivity index (χ0n) is 24.9. The molecule has 1 aliphatic rings. The van der Waals surface area contributed by atoms with Crippen LogP contribution in [0.5, 0.6) is 0 Å². The first kappa shape index (κ1) is 34.9. The molecule has 0 spiro atoms. The van der Waals surface area contributed by atoms with Gasteiger partial charge in [0, 0.05) is 48.7 Å². The minimum atomic E-state index is -1.34. The molecule has 3 aromatic rings. The van der Waals surface area contributed by atoms with E-state index in [-0.39, 0.29) is 19.0 Å². The maximum absolute atomic E-state index is 14.8. The van der Waals surface area contributed by atoms with Crippen molar-refractivity contribution in [1.82, 2.24) is 15.6 Å². The lowest BCUT2D eigenvalue weighted by Crippen LogP contribution is -2.29. The molecule has 5 N–H and O–H groups in total. The Morgan fingerprint density at radius 1 is 1.17 bits per heavy atom. The number of halogens is 3. The van der Waals surface area contributed by atoms with Crippen LogP contribution in [0.3, 0.4) is 0 Å². The van der Waals surface area contributed by atoms with Crippen LogP contribution in [0.4, 0.5) is 8.78 Å². The molecule has 1 aromatic heterocycles. The second-order valence-corrected chi connectivity index (χ2v) is 10.6. The number of alkyl halides is 1. The molecular weight excluding hydrogens is 558 g/mol. The van der Waals surface area contributed by atoms with E-state index >= 15 is 0 Å². The predicted molar refractivity (Wildman–Crippen MR) is 169 cm³/mol. The smallest absolute Gasteiger partial charge is 0.207 e. The largest absolute Gasteiger partial charge is 0.397 e. The fourth-order valence-electron chi connectivity index (χ4n) is 4.40. The highest BCUT2D eigenvalue weighted by atomic mass is 35.5. The molecule has 228 valence electrons. The third-order valence-corrected chi connectivity index (χ3v) is 7.22. The average molecular weight is 601 g/mol. The summed E-state index contributed by atoms with van der Waals surface area (Å²) in [6, 6.07) is 11.9. The van der Waals surface area contributed by atoms with Gasteiger partial charge in [-0.3, -0.25) is 9.78 Å². The Morgan fingerprint density at radius 3 is 2.36 bits per heavy atom. The fourth-order valence-corrected chi connectivity index (χ4v) is 4.69. The summed E-state index contributed by atoms with van der Waals surface area (Å²) in [4.78, 5) is 15.3. The summed E-state index contributed by atoms with van der Waals surface area (Å²) in [5, 5.41) is 16.1. The molecule has 1 heterocycles. The average Bonchev–Trinajstić information content (AvgIpc) is 3.71. The topological polar surface area (TPSA) is 100 Å². The van der Waals surface area contributed by atoms with Crippen molar-refractivity contribution in [3.05, 3.63) is 86.1 Å². The lowest BCUT2D eigenvalue weighted by Gasteiger charge is -2.22. The number of nitrogens with two attached hydrogens (primary N) is 1. The molecule has 0 bridgehead atoms. The SMILES string of the molecule is C=c1c(Cl)cc(C)c/c1=C/NCCC.CCO.Cc1c(CN)cc(C(CNC=O)C2(F)CC2)nc1-c1ccc(F)cc1. The summed E-state index contributed by atoms with van der Waals surface area (Å²) in [7, 11) is 0. The van der Waals surface area contributed by atoms with E-state index in [1.165, 1.54) is 12.1 Å². The van der Waals surface area contributed by atoms with E-state index < -0.39 is 11.6 Å². The van der Waals surface area contributed by atoms with Crippen molar-refractivity contribution in [2.75, 3.05) is 19.7 Å². The normalized spacial score (nSPS) is 14.1. The highest BCUT2D eigenvalue weighted by molar-refractivity contribution is 6.30. The molecule has 0 radical (unpaired) electrons. The van der Waals surface area contributed by atoms with Gasteiger partial charge in [-0.2, -0.15) is 0 Å². The van der Waals surface area contributed by atoms with Gasteiger partial charge < -0.3 is 21.5 Å². The number of nitrogens with zero attached hydrogens (tertiary/aromatic N) is 1. The van der Waals surface area contributed by atoms with Crippen molar-refractivity contribution >= 4 is 30.8 Å². The van der Waals surface area contributed by atoms with Crippen molar-refractivity contribution < 1.29 is 18.7 Å². The molecule has 2 aromatic carbocycles. The molecule has 1 aliphatic carbocycles. The van der Waals surface area contributed by atoms with E-state index in [9.17, 15) is 13.6 Å². The molecule has 9 heteroatoms. The number of pyridine rings is 1. The lowest BCUT2D eigenvalue weighted by molar-refractivity contribution is -0.109. The number of hydrogen-bond acceptors (Lipinski definition) is 5. The second kappa shape index (κ2) is 16.9. The molecule has 1 saturated carbocycles. The summed E-state index contributed by atoms with van der Waals surface area (Å²) in [5.74, 6) is -0.854. The maximum atomic E-state index is 14.8. The van der Waals surface area contributed by atoms with Gasteiger partial charge in [0.05, 0.1) is 11.6 Å². The number of aliphatic hydroxyl groups excluding tert-OH is 1. The molecule has 42 heavy (non-hydrogen) atoms. The Balaban J connectivity index is 0.000000307. The zero-order chi connectivity index (χ0) is 31.3. The zero-order valence-corrected chi connectivity index (χ0v) is 25.7. The van der Waals surface area contributed by atoms with Crippen LogP contribution in [0, 0.1) is 19.7 Å². The summed E-state index contributed by atoms with van der Waals surface area (Å²) < 4.78 is 28.0. The van der Waals surface area contributed by atoms with Crippen molar-refractivity contribution in [1.29, 1.82) is 0 Å². The Morgan fingerprint density at radius 2 is 1.81 bits per heavy atom. The van der Waals surface area contributed by atoms with Gasteiger partial charge in [-0.05, 0) is 110 Å². The van der Waals surface area contributed by atoms with Crippen molar-refractivity contribution in [3.8, 4) is 11.3 Å². The monoisotopic (exact) mass is 600 g/mol. The Kier molecular flexibility index (Phi) is 14.1. The first-order chi connectivity index (χ1) is 20.0. The number of carbonyl (C=O) groups excluding carboxylic acids is 1. The summed E-state index contributed by atoms with van der Waals surface area (Å²) >= 11 is 6.02. The standard InChI is InChI=1S/C19H21F2N3O.C12H16ClN.C2H6O/c1-12-14(9-22)8-17(16(10-23-11-25)19(21)6-7-19)24-18(12)13-2-4-15(20)5-3-13;1-4-5-14-8-11-6-9(2)7-12(13)10(11)3;1-2-3/h2-5,8,11,16H,6-7,9-10,22H2,1H3,(H,23,25);6-8,14H,3-5H2,1-2H3;3H,2H2,1H3/b;11-8-;. The Labute approximate surface area is 252 Å². The van der Waals surface area contributed by atoms with Crippen LogP contribution in [0.25, 0.3) is 24.0 Å². The number of hydrogen-bond donors (Lipinski definition) is 4. The second-order valence-electron chi connectivity index (χ2n) is 10.2. The number of aromatic nitrogens is 1. The molecule has 1 unspecified atom stereocenters. The van der Waals surface area contributed by atoms with Crippen LogP contribution < -0.4 is 26.8 Å². The van der Waals surface area contributed by atoms with Gasteiger partial charge in [0.15, 0.2) is 0 Å².